The zero-order valence-electron chi connectivity index (χ0n) is 11.7. The first kappa shape index (κ1) is 15.4. The second kappa shape index (κ2) is 6.66. The minimum atomic E-state index is -0.693. The molecule has 0 aliphatic heterocycles. The lowest BCUT2D eigenvalue weighted by atomic mass is 10.2. The molecule has 0 saturated heterocycles. The molecule has 2 aromatic rings. The quantitative estimate of drug-likeness (QED) is 0.656. The fourth-order valence-corrected chi connectivity index (χ4v) is 1.83. The van der Waals surface area contributed by atoms with Crippen LogP contribution in [0.3, 0.4) is 0 Å². The third-order valence-corrected chi connectivity index (χ3v) is 2.97. The van der Waals surface area contributed by atoms with Crippen LogP contribution in [0.2, 0.25) is 0 Å². The van der Waals surface area contributed by atoms with Crippen molar-refractivity contribution in [3.05, 3.63) is 64.5 Å². The summed E-state index contributed by atoms with van der Waals surface area (Å²) in [7, 11) is 0. The number of nitro benzene ring substituents is 1. The van der Waals surface area contributed by atoms with E-state index in [1.165, 1.54) is 36.4 Å². The Morgan fingerprint density at radius 2 is 1.95 bits per heavy atom. The van der Waals surface area contributed by atoms with Gasteiger partial charge in [-0.2, -0.15) is 0 Å². The Hall–Kier alpha value is -2.96. The third kappa shape index (κ3) is 3.78. The van der Waals surface area contributed by atoms with Gasteiger partial charge in [0.15, 0.2) is 0 Å². The summed E-state index contributed by atoms with van der Waals surface area (Å²) in [4.78, 5) is 22.2. The number of nitrogens with zero attached hydrogens (tertiary/aromatic N) is 1. The second-order valence-electron chi connectivity index (χ2n) is 4.64. The smallest absolute Gasteiger partial charge is 0.271 e. The van der Waals surface area contributed by atoms with Crippen LogP contribution in [-0.4, -0.2) is 16.9 Å². The maximum absolute atomic E-state index is 13.5. The van der Waals surface area contributed by atoms with Gasteiger partial charge in [-0.3, -0.25) is 14.9 Å². The predicted molar refractivity (Wildman–Crippen MR) is 81.2 cm³/mol. The highest BCUT2D eigenvalue weighted by molar-refractivity contribution is 5.96. The maximum atomic E-state index is 13.5. The van der Waals surface area contributed by atoms with Crippen LogP contribution in [0.5, 0.6) is 0 Å². The van der Waals surface area contributed by atoms with Crippen LogP contribution < -0.4 is 10.6 Å². The van der Waals surface area contributed by atoms with Gasteiger partial charge in [0.1, 0.15) is 11.9 Å². The molecule has 114 valence electrons. The summed E-state index contributed by atoms with van der Waals surface area (Å²) < 4.78 is 13.5. The number of carbonyl (C=O) groups is 1. The van der Waals surface area contributed by atoms with Crippen molar-refractivity contribution in [3.8, 4) is 0 Å². The average molecular weight is 303 g/mol. The summed E-state index contributed by atoms with van der Waals surface area (Å²) in [5, 5.41) is 16.0. The lowest BCUT2D eigenvalue weighted by molar-refractivity contribution is -0.384. The van der Waals surface area contributed by atoms with E-state index in [2.05, 4.69) is 10.6 Å². The van der Waals surface area contributed by atoms with E-state index in [0.29, 0.717) is 5.69 Å². The van der Waals surface area contributed by atoms with Gasteiger partial charge in [-0.05, 0) is 25.1 Å². The van der Waals surface area contributed by atoms with E-state index in [9.17, 15) is 19.3 Å². The van der Waals surface area contributed by atoms with Crippen LogP contribution in [0.25, 0.3) is 0 Å². The molecule has 0 heterocycles. The van der Waals surface area contributed by atoms with Crippen molar-refractivity contribution in [1.29, 1.82) is 0 Å². The van der Waals surface area contributed by atoms with Crippen molar-refractivity contribution >= 4 is 23.0 Å². The number of rotatable bonds is 5. The van der Waals surface area contributed by atoms with Crippen molar-refractivity contribution in [2.75, 3.05) is 10.6 Å². The fourth-order valence-electron chi connectivity index (χ4n) is 1.83. The Kier molecular flexibility index (Phi) is 4.67. The highest BCUT2D eigenvalue weighted by atomic mass is 19.1. The van der Waals surface area contributed by atoms with Gasteiger partial charge < -0.3 is 10.6 Å². The molecule has 0 bridgehead atoms. The zero-order chi connectivity index (χ0) is 16.1. The number of nitrogens with one attached hydrogen (secondary N) is 2. The van der Waals surface area contributed by atoms with Gasteiger partial charge in [-0.15, -0.1) is 0 Å². The van der Waals surface area contributed by atoms with E-state index in [1.807, 2.05) is 0 Å². The lowest BCUT2D eigenvalue weighted by Gasteiger charge is -2.15. The number of carbonyl (C=O) groups excluding carboxylic acids is 1. The molecule has 2 N–H and O–H groups in total. The van der Waals surface area contributed by atoms with Gasteiger partial charge in [0.2, 0.25) is 5.91 Å². The van der Waals surface area contributed by atoms with Gasteiger partial charge in [0.25, 0.3) is 5.69 Å². The standard InChI is InChI=1S/C15H14FN3O3/c1-10(15(20)18-14-8-3-2-7-13(14)16)17-11-5-4-6-12(9-11)19(21)22/h2-10,17H,1H3,(H,18,20)/t10-/m1/s1. The molecule has 0 fully saturated rings. The Bertz CT molecular complexity index is 706. The van der Waals surface area contributed by atoms with Gasteiger partial charge >= 0.3 is 0 Å². The fraction of sp³-hybridized carbons (Fsp3) is 0.133. The molecule has 2 rings (SSSR count). The largest absolute Gasteiger partial charge is 0.374 e. The molecule has 0 unspecified atom stereocenters. The Morgan fingerprint density at radius 3 is 2.64 bits per heavy atom. The number of hydrogen-bond donors (Lipinski definition) is 2. The van der Waals surface area contributed by atoms with Gasteiger partial charge in [-0.1, -0.05) is 18.2 Å². The summed E-state index contributed by atoms with van der Waals surface area (Å²) in [6.07, 6.45) is 0. The molecule has 0 radical (unpaired) electrons. The second-order valence-corrected chi connectivity index (χ2v) is 4.64. The first-order valence-corrected chi connectivity index (χ1v) is 6.54. The highest BCUT2D eigenvalue weighted by Gasteiger charge is 2.15. The number of benzene rings is 2. The highest BCUT2D eigenvalue weighted by Crippen LogP contribution is 2.18. The minimum absolute atomic E-state index is 0.0771. The number of halogens is 1. The van der Waals surface area contributed by atoms with E-state index < -0.39 is 22.7 Å². The first-order valence-electron chi connectivity index (χ1n) is 6.54. The predicted octanol–water partition coefficient (Wildman–Crippen LogP) is 3.17. The van der Waals surface area contributed by atoms with Crippen molar-refractivity contribution in [3.63, 3.8) is 0 Å². The topological polar surface area (TPSA) is 84.3 Å². The summed E-state index contributed by atoms with van der Waals surface area (Å²) in [6.45, 7) is 1.58. The van der Waals surface area contributed by atoms with E-state index in [1.54, 1.807) is 19.1 Å². The SMILES string of the molecule is C[C@@H](Nc1cccc([N+](=O)[O-])c1)C(=O)Nc1ccccc1F. The lowest BCUT2D eigenvalue weighted by Crippen LogP contribution is -2.32. The molecule has 1 atom stereocenters. The molecule has 7 heteroatoms. The average Bonchev–Trinajstić information content (AvgIpc) is 2.49. The zero-order valence-corrected chi connectivity index (χ0v) is 11.7. The number of nitro groups is 1. The minimum Gasteiger partial charge on any atom is -0.374 e. The molecule has 0 saturated carbocycles. The number of non-ortho nitro benzene ring substituents is 1. The first-order chi connectivity index (χ1) is 10.5. The Morgan fingerprint density at radius 1 is 1.23 bits per heavy atom. The summed E-state index contributed by atoms with van der Waals surface area (Å²) in [6, 6.07) is 10.9. The molecule has 6 nitrogen and oxygen atoms in total. The van der Waals surface area contributed by atoms with E-state index in [4.69, 9.17) is 0 Å². The third-order valence-electron chi connectivity index (χ3n) is 2.97. The maximum Gasteiger partial charge on any atom is 0.271 e. The molecule has 2 aromatic carbocycles. The number of para-hydroxylation sites is 1. The molecule has 0 spiro atoms. The summed E-state index contributed by atoms with van der Waals surface area (Å²) in [5.74, 6) is -0.977. The van der Waals surface area contributed by atoms with Crippen LogP contribution in [0.4, 0.5) is 21.5 Å². The van der Waals surface area contributed by atoms with Crippen LogP contribution >= 0.6 is 0 Å². The summed E-state index contributed by atoms with van der Waals surface area (Å²) in [5.41, 5.74) is 0.442. The Labute approximate surface area is 126 Å². The molecule has 0 aliphatic rings. The normalized spacial score (nSPS) is 11.5. The molecule has 1 amide bonds. The van der Waals surface area contributed by atoms with Crippen LogP contribution in [-0.2, 0) is 4.79 Å². The molecule has 22 heavy (non-hydrogen) atoms. The van der Waals surface area contributed by atoms with Crippen LogP contribution in [0, 0.1) is 15.9 Å². The summed E-state index contributed by atoms with van der Waals surface area (Å²) >= 11 is 0. The Balaban J connectivity index is 2.04. The van der Waals surface area contributed by atoms with E-state index >= 15 is 0 Å². The van der Waals surface area contributed by atoms with Crippen LogP contribution in [0.1, 0.15) is 6.92 Å². The van der Waals surface area contributed by atoms with Crippen LogP contribution in [0.15, 0.2) is 48.5 Å². The van der Waals surface area contributed by atoms with Crippen molar-refractivity contribution < 1.29 is 14.1 Å². The number of anilines is 2. The number of amides is 1. The van der Waals surface area contributed by atoms with E-state index in [-0.39, 0.29) is 11.4 Å². The molecular weight excluding hydrogens is 289 g/mol. The van der Waals surface area contributed by atoms with Gasteiger partial charge in [0.05, 0.1) is 10.6 Å². The van der Waals surface area contributed by atoms with Gasteiger partial charge in [-0.25, -0.2) is 4.39 Å². The van der Waals surface area contributed by atoms with Crippen molar-refractivity contribution in [2.24, 2.45) is 0 Å². The molecule has 0 aromatic heterocycles. The number of hydrogen-bond acceptors (Lipinski definition) is 4. The van der Waals surface area contributed by atoms with Crippen molar-refractivity contribution in [2.45, 2.75) is 13.0 Å². The molecule has 0 aliphatic carbocycles. The molecular formula is C15H14FN3O3. The van der Waals surface area contributed by atoms with E-state index in [0.717, 1.165) is 0 Å². The monoisotopic (exact) mass is 303 g/mol. The van der Waals surface area contributed by atoms with Gasteiger partial charge in [0, 0.05) is 17.8 Å². The van der Waals surface area contributed by atoms with Crippen molar-refractivity contribution in [1.82, 2.24) is 0 Å².